The van der Waals surface area contributed by atoms with Gasteiger partial charge in [0, 0.05) is 34.7 Å². The van der Waals surface area contributed by atoms with Crippen molar-refractivity contribution in [2.75, 3.05) is 13.7 Å². The Morgan fingerprint density at radius 2 is 1.97 bits per heavy atom. The number of methoxy groups -OCH3 is 1. The van der Waals surface area contributed by atoms with E-state index in [4.69, 9.17) is 19.2 Å². The molecule has 0 saturated carbocycles. The first-order valence-corrected chi connectivity index (χ1v) is 11.7. The number of carbonyl (C=O) groups excluding carboxylic acids is 1. The van der Waals surface area contributed by atoms with Crippen molar-refractivity contribution in [1.29, 1.82) is 0 Å². The number of nitrogens with zero attached hydrogens (tertiary/aromatic N) is 1. The molecular weight excluding hydrogens is 426 g/mol. The summed E-state index contributed by atoms with van der Waals surface area (Å²) in [6.07, 6.45) is 4.06. The minimum Gasteiger partial charge on any atom is -0.492 e. The van der Waals surface area contributed by atoms with Crippen molar-refractivity contribution in [3.63, 3.8) is 0 Å². The van der Waals surface area contributed by atoms with Crippen LogP contribution in [0.2, 0.25) is 0 Å². The molecule has 4 aromatic rings. The van der Waals surface area contributed by atoms with Gasteiger partial charge in [0.25, 0.3) is 0 Å². The third-order valence-corrected chi connectivity index (χ3v) is 6.93. The van der Waals surface area contributed by atoms with Gasteiger partial charge in [-0.1, -0.05) is 48.5 Å². The van der Waals surface area contributed by atoms with Crippen LogP contribution in [0.1, 0.15) is 41.6 Å². The highest BCUT2D eigenvalue weighted by molar-refractivity contribution is 5.95. The Morgan fingerprint density at radius 1 is 1.06 bits per heavy atom. The summed E-state index contributed by atoms with van der Waals surface area (Å²) in [6, 6.07) is 22.8. The van der Waals surface area contributed by atoms with E-state index < -0.39 is 0 Å². The van der Waals surface area contributed by atoms with Crippen molar-refractivity contribution in [3.05, 3.63) is 89.6 Å². The predicted octanol–water partition coefficient (Wildman–Crippen LogP) is 6.01. The fraction of sp³-hybridized carbons (Fsp3) is 0.241. The topological polar surface area (TPSA) is 57.7 Å². The summed E-state index contributed by atoms with van der Waals surface area (Å²) in [5.74, 6) is 1.38. The smallest absolute Gasteiger partial charge is 0.306 e. The van der Waals surface area contributed by atoms with E-state index in [0.29, 0.717) is 13.0 Å². The van der Waals surface area contributed by atoms with Crippen LogP contribution in [-0.2, 0) is 16.0 Å². The maximum atomic E-state index is 11.7. The molecule has 3 aromatic carbocycles. The van der Waals surface area contributed by atoms with Crippen molar-refractivity contribution in [2.24, 2.45) is 0 Å². The summed E-state index contributed by atoms with van der Waals surface area (Å²) in [5, 5.41) is 2.36. The fourth-order valence-electron chi connectivity index (χ4n) is 5.24. The molecule has 0 spiro atoms. The zero-order valence-electron chi connectivity index (χ0n) is 19.0. The predicted molar refractivity (Wildman–Crippen MR) is 130 cm³/mol. The zero-order chi connectivity index (χ0) is 23.1. The molecule has 0 N–H and O–H groups in total. The van der Waals surface area contributed by atoms with Gasteiger partial charge in [-0.3, -0.25) is 9.78 Å². The second-order valence-electron chi connectivity index (χ2n) is 8.89. The highest BCUT2D eigenvalue weighted by Crippen LogP contribution is 2.43. The molecule has 2 atom stereocenters. The van der Waals surface area contributed by atoms with Gasteiger partial charge in [-0.25, -0.2) is 0 Å². The van der Waals surface area contributed by atoms with Gasteiger partial charge in [-0.2, -0.15) is 0 Å². The highest BCUT2D eigenvalue weighted by Gasteiger charge is 2.30. The van der Waals surface area contributed by atoms with Gasteiger partial charge in [-0.15, -0.1) is 0 Å². The Morgan fingerprint density at radius 3 is 2.88 bits per heavy atom. The SMILES string of the molecule is COC(=O)CC1COc2cc(OC3CCc4c(-c5nccc6ccccc56)cccc43)ccc21. The number of benzene rings is 3. The van der Waals surface area contributed by atoms with Crippen LogP contribution in [0.15, 0.2) is 72.9 Å². The molecular formula is C29H25NO4. The minimum absolute atomic E-state index is 0.0183. The lowest BCUT2D eigenvalue weighted by Crippen LogP contribution is -2.09. The van der Waals surface area contributed by atoms with Crippen molar-refractivity contribution in [2.45, 2.75) is 31.3 Å². The Bertz CT molecular complexity index is 1390. The van der Waals surface area contributed by atoms with Gasteiger partial charge in [0.1, 0.15) is 17.6 Å². The summed E-state index contributed by atoms with van der Waals surface area (Å²) in [5.41, 5.74) is 5.78. The average Bonchev–Trinajstić information content (AvgIpc) is 3.47. The number of ether oxygens (including phenoxy) is 3. The number of esters is 1. The normalized spacial score (nSPS) is 18.3. The van der Waals surface area contributed by atoms with Crippen molar-refractivity contribution in [1.82, 2.24) is 4.98 Å². The van der Waals surface area contributed by atoms with E-state index in [1.807, 2.05) is 24.4 Å². The molecule has 2 unspecified atom stereocenters. The number of aromatic nitrogens is 1. The maximum Gasteiger partial charge on any atom is 0.306 e. The molecule has 1 aromatic heterocycles. The standard InChI is InChI=1S/C29H25NO4/c1-32-28(31)15-19-17-33-27-16-20(9-10-21(19)27)34-26-12-11-23-24(26)7-4-8-25(23)29-22-6-3-2-5-18(22)13-14-30-29/h2-10,13-14,16,19,26H,11-12,15,17H2,1H3. The Labute approximate surface area is 198 Å². The van der Waals surface area contributed by atoms with Gasteiger partial charge in [0.05, 0.1) is 25.8 Å². The molecule has 1 aliphatic carbocycles. The highest BCUT2D eigenvalue weighted by atomic mass is 16.5. The monoisotopic (exact) mass is 451 g/mol. The number of carbonyl (C=O) groups is 1. The Kier molecular flexibility index (Phi) is 5.17. The summed E-state index contributed by atoms with van der Waals surface area (Å²) in [4.78, 5) is 16.4. The average molecular weight is 452 g/mol. The zero-order valence-corrected chi connectivity index (χ0v) is 19.0. The van der Waals surface area contributed by atoms with Crippen LogP contribution in [0.4, 0.5) is 0 Å². The molecule has 170 valence electrons. The fourth-order valence-corrected chi connectivity index (χ4v) is 5.24. The van der Waals surface area contributed by atoms with Crippen LogP contribution >= 0.6 is 0 Å². The van der Waals surface area contributed by atoms with E-state index in [2.05, 4.69) is 48.5 Å². The van der Waals surface area contributed by atoms with E-state index in [1.54, 1.807) is 0 Å². The third kappa shape index (κ3) is 3.58. The van der Waals surface area contributed by atoms with Crippen LogP contribution in [-0.4, -0.2) is 24.7 Å². The summed E-state index contributed by atoms with van der Waals surface area (Å²) in [7, 11) is 1.41. The second kappa shape index (κ2) is 8.49. The minimum atomic E-state index is -0.221. The summed E-state index contributed by atoms with van der Waals surface area (Å²) >= 11 is 0. The van der Waals surface area contributed by atoms with E-state index in [1.165, 1.54) is 34.6 Å². The van der Waals surface area contributed by atoms with Crippen LogP contribution in [0.3, 0.4) is 0 Å². The molecule has 0 amide bonds. The van der Waals surface area contributed by atoms with Gasteiger partial charge in [-0.05, 0) is 41.5 Å². The molecule has 2 heterocycles. The maximum absolute atomic E-state index is 11.7. The van der Waals surface area contributed by atoms with Crippen molar-refractivity contribution in [3.8, 4) is 22.8 Å². The molecule has 0 saturated heterocycles. The lowest BCUT2D eigenvalue weighted by Gasteiger charge is -2.17. The molecule has 34 heavy (non-hydrogen) atoms. The van der Waals surface area contributed by atoms with E-state index in [-0.39, 0.29) is 18.0 Å². The first-order valence-electron chi connectivity index (χ1n) is 11.7. The molecule has 0 radical (unpaired) electrons. The van der Waals surface area contributed by atoms with Crippen LogP contribution in [0.25, 0.3) is 22.0 Å². The number of fused-ring (bicyclic) bond motifs is 3. The van der Waals surface area contributed by atoms with Crippen molar-refractivity contribution >= 4 is 16.7 Å². The Balaban J connectivity index is 1.28. The van der Waals surface area contributed by atoms with E-state index in [9.17, 15) is 4.79 Å². The van der Waals surface area contributed by atoms with Gasteiger partial charge in [0.2, 0.25) is 0 Å². The summed E-state index contributed by atoms with van der Waals surface area (Å²) in [6.45, 7) is 0.488. The number of hydrogen-bond donors (Lipinski definition) is 0. The van der Waals surface area contributed by atoms with Gasteiger partial charge in [0.15, 0.2) is 0 Å². The van der Waals surface area contributed by atoms with E-state index >= 15 is 0 Å². The largest absolute Gasteiger partial charge is 0.492 e. The molecule has 5 nitrogen and oxygen atoms in total. The third-order valence-electron chi connectivity index (χ3n) is 6.93. The lowest BCUT2D eigenvalue weighted by atomic mass is 9.97. The summed E-state index contributed by atoms with van der Waals surface area (Å²) < 4.78 is 17.1. The molecule has 1 aliphatic heterocycles. The first kappa shape index (κ1) is 20.7. The van der Waals surface area contributed by atoms with Crippen molar-refractivity contribution < 1.29 is 19.0 Å². The number of rotatable bonds is 5. The lowest BCUT2D eigenvalue weighted by molar-refractivity contribution is -0.141. The number of hydrogen-bond acceptors (Lipinski definition) is 5. The quantitative estimate of drug-likeness (QED) is 0.348. The molecule has 6 rings (SSSR count). The first-order chi connectivity index (χ1) is 16.7. The molecule has 0 fully saturated rings. The number of pyridine rings is 1. The van der Waals surface area contributed by atoms with Gasteiger partial charge < -0.3 is 14.2 Å². The molecule has 0 bridgehead atoms. The van der Waals surface area contributed by atoms with Crippen LogP contribution in [0, 0.1) is 0 Å². The molecule has 5 heteroatoms. The second-order valence-corrected chi connectivity index (χ2v) is 8.89. The molecule has 2 aliphatic rings. The van der Waals surface area contributed by atoms with Crippen LogP contribution in [0.5, 0.6) is 11.5 Å². The van der Waals surface area contributed by atoms with Crippen LogP contribution < -0.4 is 9.47 Å². The Hall–Kier alpha value is -3.86. The van der Waals surface area contributed by atoms with E-state index in [0.717, 1.165) is 35.6 Å². The van der Waals surface area contributed by atoms with Gasteiger partial charge >= 0.3 is 5.97 Å².